The van der Waals surface area contributed by atoms with E-state index in [1.807, 2.05) is 18.5 Å². The number of thiocarbonyl (C=S) groups is 1. The normalized spacial score (nSPS) is 12.0. The van der Waals surface area contributed by atoms with Crippen molar-refractivity contribution in [3.63, 3.8) is 0 Å². The van der Waals surface area contributed by atoms with Gasteiger partial charge in [-0.2, -0.15) is 5.10 Å². The van der Waals surface area contributed by atoms with Crippen molar-refractivity contribution in [2.75, 3.05) is 6.54 Å². The summed E-state index contributed by atoms with van der Waals surface area (Å²) in [5, 5.41) is 6.82. The first kappa shape index (κ1) is 16.6. The third kappa shape index (κ3) is 4.16. The lowest BCUT2D eigenvalue weighted by atomic mass is 9.92. The van der Waals surface area contributed by atoms with Crippen molar-refractivity contribution in [1.82, 2.24) is 10.2 Å². The van der Waals surface area contributed by atoms with Gasteiger partial charge in [0, 0.05) is 24.1 Å². The van der Waals surface area contributed by atoms with Gasteiger partial charge in [0.2, 0.25) is 0 Å². The highest BCUT2D eigenvalue weighted by molar-refractivity contribution is 7.80. The number of hydrogen-bond donors (Lipinski definition) is 2. The van der Waals surface area contributed by atoms with Gasteiger partial charge in [-0.1, -0.05) is 66.8 Å². The Morgan fingerprint density at radius 1 is 1.04 bits per heavy atom. The Morgan fingerprint density at radius 2 is 1.79 bits per heavy atom. The third-order valence-electron chi connectivity index (χ3n) is 4.22. The van der Waals surface area contributed by atoms with Crippen LogP contribution in [0.1, 0.15) is 23.5 Å². The molecular formula is C20H21N3S. The number of rotatable bonds is 7. The lowest BCUT2D eigenvalue weighted by molar-refractivity contribution is 0.728. The monoisotopic (exact) mass is 335 g/mol. The summed E-state index contributed by atoms with van der Waals surface area (Å²) in [5.74, 6) is 0.295. The SMILES string of the molecule is NCC(CC(=S)Cc1ccc(-c2cn[nH]c2)cc1)c1ccccc1. The highest BCUT2D eigenvalue weighted by Crippen LogP contribution is 2.22. The number of aromatic amines is 1. The zero-order valence-corrected chi connectivity index (χ0v) is 14.3. The zero-order valence-electron chi connectivity index (χ0n) is 13.5. The van der Waals surface area contributed by atoms with Gasteiger partial charge >= 0.3 is 0 Å². The van der Waals surface area contributed by atoms with Gasteiger partial charge in [-0.15, -0.1) is 0 Å². The molecule has 3 rings (SSSR count). The number of hydrogen-bond acceptors (Lipinski definition) is 3. The van der Waals surface area contributed by atoms with Crippen LogP contribution < -0.4 is 5.73 Å². The molecule has 1 unspecified atom stereocenters. The first-order valence-electron chi connectivity index (χ1n) is 8.11. The number of nitrogens with two attached hydrogens (primary N) is 1. The van der Waals surface area contributed by atoms with Gasteiger partial charge < -0.3 is 5.73 Å². The van der Waals surface area contributed by atoms with Gasteiger partial charge in [-0.3, -0.25) is 5.10 Å². The largest absolute Gasteiger partial charge is 0.330 e. The molecule has 0 aliphatic carbocycles. The van der Waals surface area contributed by atoms with Crippen molar-refractivity contribution in [1.29, 1.82) is 0 Å². The molecule has 2 aromatic carbocycles. The molecule has 0 radical (unpaired) electrons. The quantitative estimate of drug-likeness (QED) is 0.639. The third-order valence-corrected chi connectivity index (χ3v) is 4.53. The van der Waals surface area contributed by atoms with Crippen molar-refractivity contribution in [2.45, 2.75) is 18.8 Å². The molecule has 24 heavy (non-hydrogen) atoms. The molecule has 3 nitrogen and oxygen atoms in total. The van der Waals surface area contributed by atoms with E-state index >= 15 is 0 Å². The Morgan fingerprint density at radius 3 is 2.42 bits per heavy atom. The molecule has 0 saturated heterocycles. The van der Waals surface area contributed by atoms with Gasteiger partial charge in [-0.25, -0.2) is 0 Å². The summed E-state index contributed by atoms with van der Waals surface area (Å²) in [5.41, 5.74) is 10.7. The Labute approximate surface area is 147 Å². The van der Waals surface area contributed by atoms with Crippen LogP contribution in [0.3, 0.4) is 0 Å². The summed E-state index contributed by atoms with van der Waals surface area (Å²) in [4.78, 5) is 1.05. The summed E-state index contributed by atoms with van der Waals surface area (Å²) in [6, 6.07) is 18.9. The van der Waals surface area contributed by atoms with Gasteiger partial charge in [0.1, 0.15) is 0 Å². The second-order valence-electron chi connectivity index (χ2n) is 5.95. The Bertz CT molecular complexity index is 764. The van der Waals surface area contributed by atoms with E-state index in [2.05, 4.69) is 58.7 Å². The van der Waals surface area contributed by atoms with E-state index in [0.29, 0.717) is 12.5 Å². The smallest absolute Gasteiger partial charge is 0.0565 e. The minimum Gasteiger partial charge on any atom is -0.330 e. The van der Waals surface area contributed by atoms with E-state index in [-0.39, 0.29) is 0 Å². The maximum Gasteiger partial charge on any atom is 0.0565 e. The first-order chi connectivity index (χ1) is 11.8. The fourth-order valence-corrected chi connectivity index (χ4v) is 3.23. The zero-order chi connectivity index (χ0) is 16.8. The average molecular weight is 335 g/mol. The predicted octanol–water partition coefficient (Wildman–Crippen LogP) is 4.12. The first-order valence-corrected chi connectivity index (χ1v) is 8.52. The van der Waals surface area contributed by atoms with Crippen LogP contribution in [0.4, 0.5) is 0 Å². The van der Waals surface area contributed by atoms with E-state index < -0.39 is 0 Å². The minimum absolute atomic E-state index is 0.295. The molecule has 122 valence electrons. The Hall–Kier alpha value is -2.30. The molecule has 0 fully saturated rings. The van der Waals surface area contributed by atoms with Gasteiger partial charge in [0.15, 0.2) is 0 Å². The van der Waals surface area contributed by atoms with Crippen molar-refractivity contribution >= 4 is 17.1 Å². The molecule has 0 saturated carbocycles. The van der Waals surface area contributed by atoms with Crippen LogP contribution in [0.2, 0.25) is 0 Å². The lowest BCUT2D eigenvalue weighted by Gasteiger charge is -2.16. The molecule has 0 bridgehead atoms. The van der Waals surface area contributed by atoms with E-state index in [1.54, 1.807) is 0 Å². The average Bonchev–Trinajstić information content (AvgIpc) is 3.16. The maximum absolute atomic E-state index is 5.95. The Kier molecular flexibility index (Phi) is 5.51. The molecule has 1 aromatic heterocycles. The second-order valence-corrected chi connectivity index (χ2v) is 6.52. The Balaban J connectivity index is 1.62. The molecule has 3 aromatic rings. The van der Waals surface area contributed by atoms with Crippen LogP contribution in [0.25, 0.3) is 11.1 Å². The summed E-state index contributed by atoms with van der Waals surface area (Å²) < 4.78 is 0. The minimum atomic E-state index is 0.295. The summed E-state index contributed by atoms with van der Waals surface area (Å²) >= 11 is 5.62. The molecule has 0 aliphatic heterocycles. The van der Waals surface area contributed by atoms with E-state index in [0.717, 1.165) is 28.8 Å². The van der Waals surface area contributed by atoms with Crippen LogP contribution in [-0.2, 0) is 6.42 Å². The van der Waals surface area contributed by atoms with E-state index in [9.17, 15) is 0 Å². The maximum atomic E-state index is 5.95. The van der Waals surface area contributed by atoms with Crippen molar-refractivity contribution < 1.29 is 0 Å². The van der Waals surface area contributed by atoms with Crippen LogP contribution in [0, 0.1) is 0 Å². The van der Waals surface area contributed by atoms with Crippen molar-refractivity contribution in [2.24, 2.45) is 5.73 Å². The number of nitrogens with zero attached hydrogens (tertiary/aromatic N) is 1. The molecule has 3 N–H and O–H groups in total. The summed E-state index contributed by atoms with van der Waals surface area (Å²) in [7, 11) is 0. The van der Waals surface area contributed by atoms with E-state index in [1.165, 1.54) is 11.1 Å². The van der Waals surface area contributed by atoms with Crippen LogP contribution >= 0.6 is 12.2 Å². The van der Waals surface area contributed by atoms with Crippen LogP contribution in [0.15, 0.2) is 67.0 Å². The number of aromatic nitrogens is 2. The summed E-state index contributed by atoms with van der Waals surface area (Å²) in [6.45, 7) is 0.615. The molecule has 1 heterocycles. The van der Waals surface area contributed by atoms with Gasteiger partial charge in [0.25, 0.3) is 0 Å². The standard InChI is InChI=1S/C20H21N3S/c21-12-18(16-4-2-1-3-5-16)11-20(24)10-15-6-8-17(9-7-15)19-13-22-23-14-19/h1-9,13-14,18H,10-12,21H2,(H,22,23). The van der Waals surface area contributed by atoms with Crippen molar-refractivity contribution in [3.05, 3.63) is 78.1 Å². The number of nitrogens with one attached hydrogen (secondary N) is 1. The molecule has 0 aliphatic rings. The molecule has 0 amide bonds. The number of benzene rings is 2. The van der Waals surface area contributed by atoms with Gasteiger partial charge in [-0.05, 0) is 34.5 Å². The van der Waals surface area contributed by atoms with Crippen LogP contribution in [0.5, 0.6) is 0 Å². The highest BCUT2D eigenvalue weighted by atomic mass is 32.1. The van der Waals surface area contributed by atoms with Crippen molar-refractivity contribution in [3.8, 4) is 11.1 Å². The van der Waals surface area contributed by atoms with Crippen LogP contribution in [-0.4, -0.2) is 21.6 Å². The molecule has 1 atom stereocenters. The van der Waals surface area contributed by atoms with Gasteiger partial charge in [0.05, 0.1) is 6.20 Å². The topological polar surface area (TPSA) is 54.7 Å². The number of H-pyrrole nitrogens is 1. The molecule has 4 heteroatoms. The predicted molar refractivity (Wildman–Crippen MR) is 103 cm³/mol. The fraction of sp³-hybridized carbons (Fsp3) is 0.200. The lowest BCUT2D eigenvalue weighted by Crippen LogP contribution is -2.16. The van der Waals surface area contributed by atoms with E-state index in [4.69, 9.17) is 18.0 Å². The molecular weight excluding hydrogens is 314 g/mol. The molecule has 0 spiro atoms. The highest BCUT2D eigenvalue weighted by Gasteiger charge is 2.12. The fourth-order valence-electron chi connectivity index (χ4n) is 2.86. The second kappa shape index (κ2) is 7.99. The summed E-state index contributed by atoms with van der Waals surface area (Å²) in [6.07, 6.45) is 5.38.